The first-order chi connectivity index (χ1) is 9.06. The minimum atomic E-state index is -0.435. The molecule has 1 aliphatic carbocycles. The summed E-state index contributed by atoms with van der Waals surface area (Å²) < 4.78 is 0.283. The van der Waals surface area contributed by atoms with Gasteiger partial charge in [-0.05, 0) is 25.2 Å². The average Bonchev–Trinajstić information content (AvgIpc) is 2.86. The summed E-state index contributed by atoms with van der Waals surface area (Å²) in [4.78, 5) is 10.2. The minimum Gasteiger partial charge on any atom is -0.382 e. The highest BCUT2D eigenvalue weighted by Gasteiger charge is 2.32. The fraction of sp³-hybridized carbons (Fsp3) is 0.538. The van der Waals surface area contributed by atoms with Crippen LogP contribution in [0.4, 0.5) is 11.4 Å². The molecule has 0 bridgehead atoms. The number of thioether (sulfide) groups is 1. The summed E-state index contributed by atoms with van der Waals surface area (Å²) >= 11 is 7.97. The van der Waals surface area contributed by atoms with Crippen molar-refractivity contribution in [2.45, 2.75) is 30.4 Å². The first-order valence-corrected chi connectivity index (χ1v) is 7.90. The molecule has 0 aliphatic heterocycles. The lowest BCUT2D eigenvalue weighted by molar-refractivity contribution is -0.384. The molecule has 0 amide bonds. The van der Waals surface area contributed by atoms with E-state index in [9.17, 15) is 10.1 Å². The van der Waals surface area contributed by atoms with Crippen LogP contribution in [0.2, 0.25) is 5.02 Å². The van der Waals surface area contributed by atoms with E-state index in [1.54, 1.807) is 6.07 Å². The number of halogens is 1. The van der Waals surface area contributed by atoms with Gasteiger partial charge in [-0.3, -0.25) is 10.1 Å². The third-order valence-electron chi connectivity index (χ3n) is 3.71. The summed E-state index contributed by atoms with van der Waals surface area (Å²) in [5.74, 6) is 0. The second-order valence-corrected chi connectivity index (χ2v) is 6.55. The van der Waals surface area contributed by atoms with E-state index < -0.39 is 4.92 Å². The summed E-state index contributed by atoms with van der Waals surface area (Å²) in [5, 5.41) is 14.4. The van der Waals surface area contributed by atoms with Gasteiger partial charge in [-0.2, -0.15) is 11.8 Å². The topological polar surface area (TPSA) is 55.2 Å². The van der Waals surface area contributed by atoms with Crippen LogP contribution in [0.15, 0.2) is 18.2 Å². The zero-order valence-electron chi connectivity index (χ0n) is 10.8. The number of anilines is 1. The number of hydrogen-bond acceptors (Lipinski definition) is 4. The van der Waals surface area contributed by atoms with E-state index in [2.05, 4.69) is 11.6 Å². The molecular weight excluding hydrogens is 284 g/mol. The molecule has 1 aromatic carbocycles. The van der Waals surface area contributed by atoms with Crippen LogP contribution in [0.1, 0.15) is 25.7 Å². The van der Waals surface area contributed by atoms with E-state index in [4.69, 9.17) is 11.6 Å². The van der Waals surface area contributed by atoms with Crippen LogP contribution >= 0.6 is 23.4 Å². The highest BCUT2D eigenvalue weighted by Crippen LogP contribution is 2.40. The van der Waals surface area contributed by atoms with Crippen LogP contribution in [0.5, 0.6) is 0 Å². The van der Waals surface area contributed by atoms with Gasteiger partial charge in [-0.1, -0.05) is 24.4 Å². The average molecular weight is 301 g/mol. The zero-order valence-corrected chi connectivity index (χ0v) is 12.4. The molecule has 6 heteroatoms. The Morgan fingerprint density at radius 2 is 2.16 bits per heavy atom. The molecule has 1 saturated carbocycles. The lowest BCUT2D eigenvalue weighted by atomic mass is 10.1. The van der Waals surface area contributed by atoms with Crippen LogP contribution in [0.3, 0.4) is 0 Å². The molecule has 0 saturated heterocycles. The number of rotatable bonds is 5. The number of non-ortho nitro benzene ring substituents is 1. The van der Waals surface area contributed by atoms with Crippen LogP contribution < -0.4 is 5.32 Å². The number of nitrogens with zero attached hydrogens (tertiary/aromatic N) is 1. The van der Waals surface area contributed by atoms with Crippen LogP contribution in [-0.2, 0) is 0 Å². The van der Waals surface area contributed by atoms with Gasteiger partial charge in [0.25, 0.3) is 5.69 Å². The Bertz CT molecular complexity index is 476. The molecule has 104 valence electrons. The van der Waals surface area contributed by atoms with E-state index >= 15 is 0 Å². The normalized spacial score (nSPS) is 17.4. The monoisotopic (exact) mass is 300 g/mol. The quantitative estimate of drug-likeness (QED) is 0.649. The zero-order chi connectivity index (χ0) is 13.9. The van der Waals surface area contributed by atoms with Crippen molar-refractivity contribution in [3.63, 3.8) is 0 Å². The smallest absolute Gasteiger partial charge is 0.271 e. The van der Waals surface area contributed by atoms with Gasteiger partial charge < -0.3 is 5.32 Å². The largest absolute Gasteiger partial charge is 0.382 e. The van der Waals surface area contributed by atoms with Gasteiger partial charge in [0.1, 0.15) is 0 Å². The molecule has 1 aromatic rings. The molecular formula is C13H17ClN2O2S. The van der Waals surface area contributed by atoms with Crippen LogP contribution in [0.25, 0.3) is 0 Å². The molecule has 0 atom stereocenters. The van der Waals surface area contributed by atoms with Crippen LogP contribution in [-0.4, -0.2) is 22.5 Å². The van der Waals surface area contributed by atoms with Crippen molar-refractivity contribution in [3.8, 4) is 0 Å². The Kier molecular flexibility index (Phi) is 4.58. The summed E-state index contributed by atoms with van der Waals surface area (Å²) in [6.45, 7) is 0.853. The maximum Gasteiger partial charge on any atom is 0.271 e. The van der Waals surface area contributed by atoms with E-state index in [0.717, 1.165) is 12.2 Å². The number of nitrogens with one attached hydrogen (secondary N) is 1. The number of nitro groups is 1. The maximum absolute atomic E-state index is 10.7. The van der Waals surface area contributed by atoms with Crippen molar-refractivity contribution < 1.29 is 4.92 Å². The summed E-state index contributed by atoms with van der Waals surface area (Å²) in [6, 6.07) is 4.56. The van der Waals surface area contributed by atoms with E-state index in [0.29, 0.717) is 5.02 Å². The van der Waals surface area contributed by atoms with Crippen molar-refractivity contribution in [2.75, 3.05) is 18.1 Å². The predicted molar refractivity (Wildman–Crippen MR) is 81.3 cm³/mol. The molecule has 19 heavy (non-hydrogen) atoms. The van der Waals surface area contributed by atoms with Gasteiger partial charge in [0.05, 0.1) is 15.6 Å². The second-order valence-electron chi connectivity index (χ2n) is 4.87. The Hall–Kier alpha value is -0.940. The van der Waals surface area contributed by atoms with E-state index in [1.807, 2.05) is 11.8 Å². The van der Waals surface area contributed by atoms with Crippen molar-refractivity contribution >= 4 is 34.7 Å². The van der Waals surface area contributed by atoms with Gasteiger partial charge in [-0.15, -0.1) is 0 Å². The molecule has 1 fully saturated rings. The Labute approximate surface area is 122 Å². The lowest BCUT2D eigenvalue weighted by Crippen LogP contribution is -2.30. The summed E-state index contributed by atoms with van der Waals surface area (Å²) in [5.41, 5.74) is 0.795. The predicted octanol–water partition coefficient (Wildman–Crippen LogP) is 4.34. The van der Waals surface area contributed by atoms with E-state index in [1.165, 1.54) is 37.8 Å². The van der Waals surface area contributed by atoms with Gasteiger partial charge in [0, 0.05) is 23.4 Å². The first kappa shape index (κ1) is 14.5. The number of hydrogen-bond donors (Lipinski definition) is 1. The Balaban J connectivity index is 2.05. The fourth-order valence-corrected chi connectivity index (χ4v) is 3.64. The van der Waals surface area contributed by atoms with Crippen molar-refractivity contribution in [1.82, 2.24) is 0 Å². The molecule has 0 radical (unpaired) electrons. The van der Waals surface area contributed by atoms with Crippen molar-refractivity contribution in [3.05, 3.63) is 33.3 Å². The molecule has 0 unspecified atom stereocenters. The van der Waals surface area contributed by atoms with Crippen molar-refractivity contribution in [1.29, 1.82) is 0 Å². The van der Waals surface area contributed by atoms with Gasteiger partial charge >= 0.3 is 0 Å². The fourth-order valence-electron chi connectivity index (χ4n) is 2.49. The number of benzene rings is 1. The highest BCUT2D eigenvalue weighted by molar-refractivity contribution is 8.00. The van der Waals surface area contributed by atoms with E-state index in [-0.39, 0.29) is 10.4 Å². The molecule has 1 N–H and O–H groups in total. The SMILES string of the molecule is CSC1(CNc2ccc([N+](=O)[O-])cc2Cl)CCCC1. The second kappa shape index (κ2) is 6.01. The molecule has 2 rings (SSSR count). The first-order valence-electron chi connectivity index (χ1n) is 6.29. The van der Waals surface area contributed by atoms with Crippen LogP contribution in [0, 0.1) is 10.1 Å². The molecule has 4 nitrogen and oxygen atoms in total. The van der Waals surface area contributed by atoms with Crippen molar-refractivity contribution in [2.24, 2.45) is 0 Å². The number of nitro benzene ring substituents is 1. The summed E-state index contributed by atoms with van der Waals surface area (Å²) in [6.07, 6.45) is 7.12. The highest BCUT2D eigenvalue weighted by atomic mass is 35.5. The molecule has 0 spiro atoms. The molecule has 0 heterocycles. The van der Waals surface area contributed by atoms with Gasteiger partial charge in [-0.25, -0.2) is 0 Å². The Morgan fingerprint density at radius 1 is 1.47 bits per heavy atom. The third kappa shape index (κ3) is 3.34. The third-order valence-corrected chi connectivity index (χ3v) is 5.44. The lowest BCUT2D eigenvalue weighted by Gasteiger charge is -2.27. The molecule has 1 aliphatic rings. The minimum absolute atomic E-state index is 0.0241. The molecule has 0 aromatic heterocycles. The van der Waals surface area contributed by atoms with Gasteiger partial charge in [0.15, 0.2) is 0 Å². The Morgan fingerprint density at radius 3 is 2.68 bits per heavy atom. The standard InChI is InChI=1S/C13H17ClN2O2S/c1-19-13(6-2-3-7-13)9-15-12-5-4-10(16(17)18)8-11(12)14/h4-5,8,15H,2-3,6-7,9H2,1H3. The van der Waals surface area contributed by atoms with Gasteiger partial charge in [0.2, 0.25) is 0 Å². The maximum atomic E-state index is 10.7. The summed E-state index contributed by atoms with van der Waals surface area (Å²) in [7, 11) is 0.